The van der Waals surface area contributed by atoms with Crippen LogP contribution < -0.4 is 11.4 Å². The molecule has 222 valence electrons. The van der Waals surface area contributed by atoms with Crippen LogP contribution in [-0.4, -0.2) is 81.7 Å². The van der Waals surface area contributed by atoms with Crippen molar-refractivity contribution in [2.75, 3.05) is 30.4 Å². The Morgan fingerprint density at radius 2 is 1.72 bits per heavy atom. The second kappa shape index (κ2) is 14.5. The lowest BCUT2D eigenvalue weighted by Gasteiger charge is -2.30. The van der Waals surface area contributed by atoms with Crippen molar-refractivity contribution in [3.8, 4) is 0 Å². The van der Waals surface area contributed by atoms with Gasteiger partial charge < -0.3 is 34.5 Å². The van der Waals surface area contributed by atoms with E-state index in [1.807, 2.05) is 0 Å². The molecule has 0 spiro atoms. The minimum absolute atomic E-state index is 0.108. The van der Waals surface area contributed by atoms with Crippen LogP contribution in [0, 0.1) is 0 Å². The number of ether oxygens (including phenoxy) is 5. The van der Waals surface area contributed by atoms with Crippen LogP contribution in [0.25, 0.3) is 0 Å². The zero-order valence-electron chi connectivity index (χ0n) is 21.4. The number of aromatic nitrogens is 2. The first-order valence-electron chi connectivity index (χ1n) is 11.3. The number of halogens is 2. The lowest BCUT2D eigenvalue weighted by Crippen LogP contribution is -2.47. The molecule has 0 bridgehead atoms. The fourth-order valence-electron chi connectivity index (χ4n) is 2.95. The van der Waals surface area contributed by atoms with E-state index in [1.165, 1.54) is 6.07 Å². The van der Waals surface area contributed by atoms with E-state index in [9.17, 15) is 24.1 Å². The zero-order chi connectivity index (χ0) is 29.4. The van der Waals surface area contributed by atoms with Gasteiger partial charge in [0.25, 0.3) is 0 Å². The van der Waals surface area contributed by atoms with E-state index in [-0.39, 0.29) is 10.2 Å². The summed E-state index contributed by atoms with van der Waals surface area (Å²) in [7, 11) is -4.74. The predicted molar refractivity (Wildman–Crippen MR) is 136 cm³/mol. The second-order valence-electron chi connectivity index (χ2n) is 8.47. The minimum Gasteiger partial charge on any atom is -0.432 e. The zero-order valence-corrected chi connectivity index (χ0v) is 24.4. The number of nitrogen functional groups attached to an aromatic ring is 1. The summed E-state index contributed by atoms with van der Waals surface area (Å²) in [6, 6.07) is 1.23. The maximum atomic E-state index is 15.1. The Morgan fingerprint density at radius 3 is 2.18 bits per heavy atom. The Kier molecular flexibility index (Phi) is 12.3. The van der Waals surface area contributed by atoms with Gasteiger partial charge in [0, 0.05) is 10.6 Å². The van der Waals surface area contributed by atoms with Crippen LogP contribution in [0.2, 0.25) is 0 Å². The third-order valence-electron chi connectivity index (χ3n) is 4.73. The molecule has 0 aliphatic carbocycles. The predicted octanol–water partition coefficient (Wildman–Crippen LogP) is 2.42. The number of phosphoric ester groups is 1. The molecule has 0 amide bonds. The van der Waals surface area contributed by atoms with Crippen LogP contribution in [0.1, 0.15) is 33.9 Å². The number of anilines is 1. The fourth-order valence-corrected chi connectivity index (χ4v) is 4.77. The van der Waals surface area contributed by atoms with E-state index in [0.717, 1.165) is 10.8 Å². The molecule has 1 saturated heterocycles. The number of carbonyl (C=O) groups excluding carboxylic acids is 2. The van der Waals surface area contributed by atoms with Crippen molar-refractivity contribution in [3.05, 3.63) is 22.7 Å². The van der Waals surface area contributed by atoms with Crippen LogP contribution in [0.5, 0.6) is 0 Å². The number of hydrogen-bond acceptors (Lipinski definition) is 15. The van der Waals surface area contributed by atoms with Gasteiger partial charge in [0.2, 0.25) is 13.6 Å². The molecule has 39 heavy (non-hydrogen) atoms. The van der Waals surface area contributed by atoms with Crippen LogP contribution in [0.3, 0.4) is 0 Å². The summed E-state index contributed by atoms with van der Waals surface area (Å²) in [5, 5.41) is 10.7. The van der Waals surface area contributed by atoms with Gasteiger partial charge in [-0.25, -0.2) is 32.4 Å². The van der Waals surface area contributed by atoms with Gasteiger partial charge in [0.05, 0.1) is 18.8 Å². The van der Waals surface area contributed by atoms with Crippen molar-refractivity contribution in [3.63, 3.8) is 0 Å². The van der Waals surface area contributed by atoms with Gasteiger partial charge in [0.15, 0.2) is 12.4 Å². The number of rotatable bonds is 13. The number of nitrogens with zero attached hydrogens (tertiary/aromatic N) is 2. The van der Waals surface area contributed by atoms with E-state index in [2.05, 4.69) is 14.5 Å². The maximum Gasteiger partial charge on any atom is 0.510 e. The molecule has 4 atom stereocenters. The number of nitrogens with two attached hydrogens (primary N) is 1. The molecule has 16 nitrogen and oxygen atoms in total. The first kappa shape index (κ1) is 33.1. The highest BCUT2D eigenvalue weighted by molar-refractivity contribution is 14.1. The van der Waals surface area contributed by atoms with Gasteiger partial charge in [-0.05, 0) is 33.8 Å². The van der Waals surface area contributed by atoms with Crippen LogP contribution >= 0.6 is 30.4 Å². The smallest absolute Gasteiger partial charge is 0.432 e. The van der Waals surface area contributed by atoms with E-state index < -0.39 is 82.3 Å². The topological polar surface area (TPSA) is 206 Å². The van der Waals surface area contributed by atoms with E-state index in [1.54, 1.807) is 50.3 Å². The quantitative estimate of drug-likeness (QED) is 0.0998. The van der Waals surface area contributed by atoms with Gasteiger partial charge in [0.1, 0.15) is 17.5 Å². The molecule has 3 N–H and O–H groups in total. The van der Waals surface area contributed by atoms with Crippen molar-refractivity contribution in [1.29, 1.82) is 0 Å². The van der Waals surface area contributed by atoms with Crippen molar-refractivity contribution in [2.24, 2.45) is 0 Å². The molecule has 2 heterocycles. The average Bonchev–Trinajstić information content (AvgIpc) is 3.07. The minimum atomic E-state index is -4.74. The molecule has 0 aromatic carbocycles. The molecule has 0 saturated carbocycles. The summed E-state index contributed by atoms with van der Waals surface area (Å²) >= 11 is 1.76. The Hall–Kier alpha value is -2.09. The molecule has 2 rings (SSSR count). The maximum absolute atomic E-state index is 15.1. The Bertz CT molecular complexity index is 1060. The van der Waals surface area contributed by atoms with Gasteiger partial charge in [-0.2, -0.15) is 4.98 Å². The molecular formula is C20H30FIN3O13P. The third kappa shape index (κ3) is 9.51. The normalized spacial score (nSPS) is 23.2. The number of phosphoric acid groups is 1. The molecule has 1 fully saturated rings. The lowest BCUT2D eigenvalue weighted by molar-refractivity contribution is -0.116. The molecule has 1 aliphatic heterocycles. The number of aliphatic hydroxyl groups is 1. The van der Waals surface area contributed by atoms with Gasteiger partial charge >= 0.3 is 25.8 Å². The van der Waals surface area contributed by atoms with Crippen molar-refractivity contribution in [2.45, 2.75) is 64.0 Å². The number of alkyl halides is 2. The Balaban J connectivity index is 2.16. The first-order chi connectivity index (χ1) is 18.2. The number of hydrogen-bond donors (Lipinski definition) is 2. The largest absolute Gasteiger partial charge is 0.510 e. The third-order valence-corrected chi connectivity index (χ3v) is 7.31. The Labute approximate surface area is 235 Å². The standard InChI is InChI=1S/C20H30FIN3O13P/c1-11(2)36-18(28)31-9-34-39(30,35-10-32-19(29)37-12(3)4)33-8-20(7-22)15(26)14(21)16(38-20)25-6-5-13(23)24-17(25)27/h5-6,11-12,14-16,26H,7-10H2,1-4H3,(H2,23,24,27)/t14-,15-,16+,20+/m0/s1. The highest BCUT2D eigenvalue weighted by Crippen LogP contribution is 2.52. The van der Waals surface area contributed by atoms with Crippen LogP contribution in [-0.2, 0) is 41.8 Å². The summed E-state index contributed by atoms with van der Waals surface area (Å²) in [6.07, 6.45) is -7.88. The summed E-state index contributed by atoms with van der Waals surface area (Å²) in [6.45, 7) is 3.45. The summed E-state index contributed by atoms with van der Waals surface area (Å²) in [4.78, 5) is 38.9. The average molecular weight is 697 g/mol. The van der Waals surface area contributed by atoms with Gasteiger partial charge in [-0.1, -0.05) is 22.6 Å². The summed E-state index contributed by atoms with van der Waals surface area (Å²) in [5.74, 6) is -0.108. The molecular weight excluding hydrogens is 667 g/mol. The van der Waals surface area contributed by atoms with Crippen LogP contribution in [0.15, 0.2) is 17.1 Å². The van der Waals surface area contributed by atoms with Crippen molar-refractivity contribution < 1.29 is 60.9 Å². The molecule has 1 aromatic heterocycles. The fraction of sp³-hybridized carbons (Fsp3) is 0.700. The van der Waals surface area contributed by atoms with Gasteiger partial charge in [-0.3, -0.25) is 9.09 Å². The number of carbonyl (C=O) groups is 2. The highest BCUT2D eigenvalue weighted by Gasteiger charge is 2.57. The monoisotopic (exact) mass is 697 g/mol. The van der Waals surface area contributed by atoms with Crippen molar-refractivity contribution >= 4 is 48.5 Å². The van der Waals surface area contributed by atoms with E-state index in [0.29, 0.717) is 0 Å². The number of aliphatic hydroxyl groups excluding tert-OH is 1. The highest BCUT2D eigenvalue weighted by atomic mass is 127. The van der Waals surface area contributed by atoms with Crippen LogP contribution in [0.4, 0.5) is 19.8 Å². The van der Waals surface area contributed by atoms with Gasteiger partial charge in [-0.15, -0.1) is 0 Å². The van der Waals surface area contributed by atoms with E-state index >= 15 is 4.39 Å². The SMILES string of the molecule is CC(C)OC(=O)OCOP(=O)(OCOC(=O)OC(C)C)OC[C@@]1(CI)O[C@@H](n2ccc(N)nc2=O)[C@@H](F)[C@@H]1O. The molecule has 0 radical (unpaired) electrons. The van der Waals surface area contributed by atoms with Crippen molar-refractivity contribution in [1.82, 2.24) is 9.55 Å². The lowest BCUT2D eigenvalue weighted by atomic mass is 9.99. The Morgan fingerprint density at radius 1 is 1.18 bits per heavy atom. The first-order valence-corrected chi connectivity index (χ1v) is 14.3. The molecule has 1 aromatic rings. The van der Waals surface area contributed by atoms with E-state index in [4.69, 9.17) is 33.5 Å². The molecule has 0 unspecified atom stereocenters. The summed E-state index contributed by atoms with van der Waals surface area (Å²) < 4.78 is 68.6. The molecule has 1 aliphatic rings. The summed E-state index contributed by atoms with van der Waals surface area (Å²) in [5.41, 5.74) is 2.65. The second-order valence-corrected chi connectivity index (χ2v) is 10.9. The molecule has 19 heteroatoms.